The van der Waals surface area contributed by atoms with Crippen molar-refractivity contribution in [2.24, 2.45) is 0 Å². The molecule has 3 heterocycles. The van der Waals surface area contributed by atoms with Crippen LogP contribution in [0.25, 0.3) is 11.3 Å². The Kier molecular flexibility index (Phi) is 4.51. The summed E-state index contributed by atoms with van der Waals surface area (Å²) in [7, 11) is 0. The molecule has 1 saturated carbocycles. The minimum absolute atomic E-state index is 0.0175. The van der Waals surface area contributed by atoms with Crippen LogP contribution in [0.3, 0.4) is 0 Å². The highest BCUT2D eigenvalue weighted by molar-refractivity contribution is 7.11. The van der Waals surface area contributed by atoms with Crippen molar-refractivity contribution in [1.29, 1.82) is 0 Å². The van der Waals surface area contributed by atoms with Gasteiger partial charge in [-0.1, -0.05) is 0 Å². The lowest BCUT2D eigenvalue weighted by Crippen LogP contribution is -2.37. The minimum Gasteiger partial charge on any atom is -0.349 e. The first kappa shape index (κ1) is 15.9. The van der Waals surface area contributed by atoms with E-state index in [9.17, 15) is 4.79 Å². The second-order valence-corrected chi connectivity index (χ2v) is 7.03. The lowest BCUT2D eigenvalue weighted by molar-refractivity contribution is 0.0925. The summed E-state index contributed by atoms with van der Waals surface area (Å²) in [6.07, 6.45) is 12.7. The Labute approximate surface area is 149 Å². The minimum atomic E-state index is -0.0175. The Balaban J connectivity index is 1.34. The van der Waals surface area contributed by atoms with Crippen LogP contribution >= 0.6 is 11.3 Å². The van der Waals surface area contributed by atoms with Gasteiger partial charge in [0.25, 0.3) is 5.91 Å². The molecular formula is C17H18N6OS. The van der Waals surface area contributed by atoms with Crippen molar-refractivity contribution < 1.29 is 4.79 Å². The molecule has 4 rings (SSSR count). The van der Waals surface area contributed by atoms with Crippen molar-refractivity contribution in [2.75, 3.05) is 0 Å². The standard InChI is InChI=1S/C17H18N6OS/c24-17(16-8-19-11-25-16)22-13-1-3-14(4-2-13)23-9-12(7-21-23)15-5-6-18-10-20-15/h5-11,13-14H,1-4H2,(H,22,24). The lowest BCUT2D eigenvalue weighted by Gasteiger charge is -2.29. The number of nitrogens with one attached hydrogen (secondary N) is 1. The summed E-state index contributed by atoms with van der Waals surface area (Å²) in [5.41, 5.74) is 3.56. The maximum atomic E-state index is 12.1. The number of hydrogen-bond acceptors (Lipinski definition) is 6. The van der Waals surface area contributed by atoms with Crippen LogP contribution in [0.5, 0.6) is 0 Å². The van der Waals surface area contributed by atoms with E-state index >= 15 is 0 Å². The van der Waals surface area contributed by atoms with Crippen molar-refractivity contribution in [3.63, 3.8) is 0 Å². The van der Waals surface area contributed by atoms with Crippen LogP contribution in [0.1, 0.15) is 41.4 Å². The van der Waals surface area contributed by atoms with E-state index in [1.807, 2.05) is 23.1 Å². The molecule has 0 atom stereocenters. The van der Waals surface area contributed by atoms with Gasteiger partial charge in [0.1, 0.15) is 11.2 Å². The Morgan fingerprint density at radius 1 is 1.20 bits per heavy atom. The van der Waals surface area contributed by atoms with Gasteiger partial charge in [0.15, 0.2) is 0 Å². The van der Waals surface area contributed by atoms with Gasteiger partial charge in [-0.25, -0.2) is 9.97 Å². The highest BCUT2D eigenvalue weighted by Crippen LogP contribution is 2.29. The first-order valence-corrected chi connectivity index (χ1v) is 9.17. The molecule has 3 aromatic rings. The van der Waals surface area contributed by atoms with Crippen LogP contribution < -0.4 is 5.32 Å². The maximum absolute atomic E-state index is 12.1. The molecule has 1 aliphatic carbocycles. The average molecular weight is 354 g/mol. The maximum Gasteiger partial charge on any atom is 0.263 e. The Hall–Kier alpha value is -2.61. The molecule has 1 aliphatic rings. The van der Waals surface area contributed by atoms with E-state index in [0.29, 0.717) is 10.9 Å². The quantitative estimate of drug-likeness (QED) is 0.778. The molecule has 0 aliphatic heterocycles. The Morgan fingerprint density at radius 3 is 2.80 bits per heavy atom. The first-order valence-electron chi connectivity index (χ1n) is 8.29. The van der Waals surface area contributed by atoms with Gasteiger partial charge in [0.05, 0.1) is 29.6 Å². The number of aromatic nitrogens is 5. The van der Waals surface area contributed by atoms with E-state index in [1.54, 1.807) is 24.2 Å². The van der Waals surface area contributed by atoms with Gasteiger partial charge < -0.3 is 5.32 Å². The van der Waals surface area contributed by atoms with Gasteiger partial charge in [-0.05, 0) is 31.7 Å². The molecule has 0 spiro atoms. The predicted molar refractivity (Wildman–Crippen MR) is 94.1 cm³/mol. The highest BCUT2D eigenvalue weighted by Gasteiger charge is 2.24. The monoisotopic (exact) mass is 354 g/mol. The molecule has 128 valence electrons. The van der Waals surface area contributed by atoms with Gasteiger partial charge in [0, 0.05) is 24.0 Å². The van der Waals surface area contributed by atoms with E-state index in [4.69, 9.17) is 0 Å². The number of thiazole rings is 1. The van der Waals surface area contributed by atoms with Crippen LogP contribution in [0.2, 0.25) is 0 Å². The predicted octanol–water partition coefficient (Wildman–Crippen LogP) is 2.71. The van der Waals surface area contributed by atoms with Crippen molar-refractivity contribution in [3.05, 3.63) is 47.6 Å². The average Bonchev–Trinajstić information content (AvgIpc) is 3.35. The SMILES string of the molecule is O=C(NC1CCC(n2cc(-c3ccncn3)cn2)CC1)c1cncs1. The molecule has 0 aromatic carbocycles. The highest BCUT2D eigenvalue weighted by atomic mass is 32.1. The number of hydrogen-bond donors (Lipinski definition) is 1. The van der Waals surface area contributed by atoms with Crippen LogP contribution in [-0.4, -0.2) is 36.7 Å². The zero-order valence-electron chi connectivity index (χ0n) is 13.6. The largest absolute Gasteiger partial charge is 0.349 e. The van der Waals surface area contributed by atoms with Crippen molar-refractivity contribution in [1.82, 2.24) is 30.0 Å². The summed E-state index contributed by atoms with van der Waals surface area (Å²) >= 11 is 1.37. The van der Waals surface area contributed by atoms with E-state index in [-0.39, 0.29) is 11.9 Å². The van der Waals surface area contributed by atoms with E-state index in [1.165, 1.54) is 11.3 Å². The zero-order valence-corrected chi connectivity index (χ0v) is 14.4. The molecule has 0 bridgehead atoms. The van der Waals surface area contributed by atoms with Crippen LogP contribution in [-0.2, 0) is 0 Å². The summed E-state index contributed by atoms with van der Waals surface area (Å²) in [4.78, 5) is 24.9. The number of carbonyl (C=O) groups excluding carboxylic acids is 1. The number of nitrogens with zero attached hydrogens (tertiary/aromatic N) is 5. The molecule has 0 saturated heterocycles. The van der Waals surface area contributed by atoms with Crippen molar-refractivity contribution >= 4 is 17.2 Å². The smallest absolute Gasteiger partial charge is 0.263 e. The van der Waals surface area contributed by atoms with Crippen molar-refractivity contribution in [2.45, 2.75) is 37.8 Å². The van der Waals surface area contributed by atoms with Gasteiger partial charge >= 0.3 is 0 Å². The fraction of sp³-hybridized carbons (Fsp3) is 0.353. The molecule has 25 heavy (non-hydrogen) atoms. The molecule has 3 aromatic heterocycles. The topological polar surface area (TPSA) is 85.6 Å². The number of carbonyl (C=O) groups is 1. The fourth-order valence-corrected chi connectivity index (χ4v) is 3.72. The van der Waals surface area contributed by atoms with Crippen molar-refractivity contribution in [3.8, 4) is 11.3 Å². The molecule has 1 amide bonds. The van der Waals surface area contributed by atoms with Crippen LogP contribution in [0.15, 0.2) is 42.7 Å². The lowest BCUT2D eigenvalue weighted by atomic mass is 9.91. The zero-order chi connectivity index (χ0) is 17.1. The van der Waals surface area contributed by atoms with Crippen LogP contribution in [0.4, 0.5) is 0 Å². The van der Waals surface area contributed by atoms with Gasteiger partial charge in [-0.2, -0.15) is 5.10 Å². The first-order chi connectivity index (χ1) is 12.3. The van der Waals surface area contributed by atoms with E-state index < -0.39 is 0 Å². The summed E-state index contributed by atoms with van der Waals surface area (Å²) in [6.45, 7) is 0. The van der Waals surface area contributed by atoms with E-state index in [2.05, 4.69) is 25.4 Å². The van der Waals surface area contributed by atoms with Crippen LogP contribution in [0, 0.1) is 0 Å². The van der Waals surface area contributed by atoms with Gasteiger partial charge in [-0.3, -0.25) is 14.5 Å². The summed E-state index contributed by atoms with van der Waals surface area (Å²) < 4.78 is 2.03. The third kappa shape index (κ3) is 3.58. The summed E-state index contributed by atoms with van der Waals surface area (Å²) in [6, 6.07) is 2.47. The van der Waals surface area contributed by atoms with Gasteiger partial charge in [0.2, 0.25) is 0 Å². The third-order valence-electron chi connectivity index (χ3n) is 4.54. The molecular weight excluding hydrogens is 336 g/mol. The molecule has 1 N–H and O–H groups in total. The molecule has 8 heteroatoms. The molecule has 7 nitrogen and oxygen atoms in total. The second kappa shape index (κ2) is 7.10. The fourth-order valence-electron chi connectivity index (χ4n) is 3.20. The second-order valence-electron chi connectivity index (χ2n) is 6.15. The Morgan fingerprint density at radius 2 is 2.08 bits per heavy atom. The molecule has 0 radical (unpaired) electrons. The molecule has 1 fully saturated rings. The molecule has 0 unspecified atom stereocenters. The van der Waals surface area contributed by atoms with Gasteiger partial charge in [-0.15, -0.1) is 11.3 Å². The summed E-state index contributed by atoms with van der Waals surface area (Å²) in [5, 5.41) is 7.61. The number of amides is 1. The summed E-state index contributed by atoms with van der Waals surface area (Å²) in [5.74, 6) is -0.0175. The third-order valence-corrected chi connectivity index (χ3v) is 5.31. The number of rotatable bonds is 4. The Bertz CT molecular complexity index is 824. The van der Waals surface area contributed by atoms with E-state index in [0.717, 1.165) is 36.9 Å². The normalized spacial score (nSPS) is 20.3.